The van der Waals surface area contributed by atoms with E-state index in [0.717, 1.165) is 6.54 Å². The van der Waals surface area contributed by atoms with Gasteiger partial charge >= 0.3 is 0 Å². The summed E-state index contributed by atoms with van der Waals surface area (Å²) in [6.45, 7) is 5.76. The average Bonchev–Trinajstić information content (AvgIpc) is 2.04. The number of likely N-dealkylation sites (N-methyl/N-ethyl adjacent to an activating group) is 1. The standard InChI is InChI=1S/C8H19N3/c1-4-8-7-10(3)5-6-11(8)9-2/h8-9H,4-7H2,1-3H3/t8-/m0/s1. The molecule has 3 heteroatoms. The highest BCUT2D eigenvalue weighted by Crippen LogP contribution is 2.07. The summed E-state index contributed by atoms with van der Waals surface area (Å²) >= 11 is 0. The monoisotopic (exact) mass is 157 g/mol. The van der Waals surface area contributed by atoms with Gasteiger partial charge in [-0.05, 0) is 20.5 Å². The van der Waals surface area contributed by atoms with E-state index in [1.165, 1.54) is 19.5 Å². The van der Waals surface area contributed by atoms with Crippen molar-refractivity contribution in [1.82, 2.24) is 15.3 Å². The second kappa shape index (κ2) is 4.04. The van der Waals surface area contributed by atoms with Crippen molar-refractivity contribution in [1.29, 1.82) is 0 Å². The average molecular weight is 157 g/mol. The maximum absolute atomic E-state index is 3.23. The minimum Gasteiger partial charge on any atom is -0.303 e. The molecule has 0 radical (unpaired) electrons. The van der Waals surface area contributed by atoms with Gasteiger partial charge in [-0.1, -0.05) is 6.92 Å². The zero-order valence-electron chi connectivity index (χ0n) is 7.80. The third kappa shape index (κ3) is 2.15. The van der Waals surface area contributed by atoms with Crippen molar-refractivity contribution < 1.29 is 0 Å². The van der Waals surface area contributed by atoms with E-state index in [-0.39, 0.29) is 0 Å². The molecule has 0 aliphatic carbocycles. The molecular formula is C8H19N3. The molecule has 1 rings (SSSR count). The third-order valence-corrected chi connectivity index (χ3v) is 2.44. The van der Waals surface area contributed by atoms with Gasteiger partial charge in [0.15, 0.2) is 0 Å². The Hall–Kier alpha value is -0.120. The van der Waals surface area contributed by atoms with Crippen LogP contribution < -0.4 is 5.43 Å². The molecule has 1 aliphatic heterocycles. The second-order valence-electron chi connectivity index (χ2n) is 3.24. The largest absolute Gasteiger partial charge is 0.303 e. The molecule has 0 aromatic rings. The molecule has 0 bridgehead atoms. The lowest BCUT2D eigenvalue weighted by atomic mass is 10.1. The molecule has 1 atom stereocenters. The van der Waals surface area contributed by atoms with Gasteiger partial charge in [-0.15, -0.1) is 0 Å². The van der Waals surface area contributed by atoms with Crippen LogP contribution in [0.3, 0.4) is 0 Å². The lowest BCUT2D eigenvalue weighted by molar-refractivity contribution is 0.0516. The lowest BCUT2D eigenvalue weighted by Crippen LogP contribution is -2.55. The van der Waals surface area contributed by atoms with E-state index in [9.17, 15) is 0 Å². The third-order valence-electron chi connectivity index (χ3n) is 2.44. The summed E-state index contributed by atoms with van der Waals surface area (Å²) in [4.78, 5) is 2.39. The van der Waals surface area contributed by atoms with E-state index in [1.54, 1.807) is 0 Å². The van der Waals surface area contributed by atoms with Crippen molar-refractivity contribution in [2.75, 3.05) is 33.7 Å². The molecule has 0 unspecified atom stereocenters. The van der Waals surface area contributed by atoms with Gasteiger partial charge in [-0.2, -0.15) is 0 Å². The molecule has 0 spiro atoms. The number of nitrogens with one attached hydrogen (secondary N) is 1. The van der Waals surface area contributed by atoms with Crippen molar-refractivity contribution in [2.24, 2.45) is 0 Å². The van der Waals surface area contributed by atoms with Crippen LogP contribution in [-0.2, 0) is 0 Å². The number of hydrazine groups is 1. The molecule has 11 heavy (non-hydrogen) atoms. The summed E-state index contributed by atoms with van der Waals surface area (Å²) in [6, 6.07) is 0.693. The van der Waals surface area contributed by atoms with Crippen LogP contribution in [-0.4, -0.2) is 49.7 Å². The summed E-state index contributed by atoms with van der Waals surface area (Å²) in [6.07, 6.45) is 1.23. The zero-order valence-corrected chi connectivity index (χ0v) is 7.80. The van der Waals surface area contributed by atoms with E-state index in [1.807, 2.05) is 7.05 Å². The lowest BCUT2D eigenvalue weighted by Gasteiger charge is -2.38. The molecule has 1 N–H and O–H groups in total. The van der Waals surface area contributed by atoms with Gasteiger partial charge in [0.1, 0.15) is 0 Å². The molecule has 3 nitrogen and oxygen atoms in total. The predicted octanol–water partition coefficient (Wildman–Crippen LogP) is 0.147. The van der Waals surface area contributed by atoms with E-state index >= 15 is 0 Å². The Balaban J connectivity index is 2.41. The fraction of sp³-hybridized carbons (Fsp3) is 1.00. The van der Waals surface area contributed by atoms with E-state index in [4.69, 9.17) is 0 Å². The molecule has 0 saturated carbocycles. The molecule has 0 aromatic heterocycles. The van der Waals surface area contributed by atoms with Crippen LogP contribution in [0.15, 0.2) is 0 Å². The van der Waals surface area contributed by atoms with Crippen molar-refractivity contribution in [3.05, 3.63) is 0 Å². The highest BCUT2D eigenvalue weighted by molar-refractivity contribution is 4.76. The fourth-order valence-corrected chi connectivity index (χ4v) is 1.65. The van der Waals surface area contributed by atoms with Gasteiger partial charge in [-0.25, -0.2) is 5.01 Å². The molecule has 66 valence electrons. The SMILES string of the molecule is CC[C@H]1CN(C)CCN1NC. The van der Waals surface area contributed by atoms with Gasteiger partial charge in [-0.3, -0.25) is 5.43 Å². The Morgan fingerprint density at radius 3 is 2.73 bits per heavy atom. The molecule has 1 saturated heterocycles. The van der Waals surface area contributed by atoms with E-state index < -0.39 is 0 Å². The maximum Gasteiger partial charge on any atom is 0.0368 e. The fourth-order valence-electron chi connectivity index (χ4n) is 1.65. The number of piperazine rings is 1. The van der Waals surface area contributed by atoms with Gasteiger partial charge in [0, 0.05) is 25.7 Å². The summed E-state index contributed by atoms with van der Waals surface area (Å²) in [5.41, 5.74) is 3.23. The Morgan fingerprint density at radius 2 is 2.18 bits per heavy atom. The van der Waals surface area contributed by atoms with Crippen LogP contribution in [0.4, 0.5) is 0 Å². The van der Waals surface area contributed by atoms with Crippen LogP contribution in [0.25, 0.3) is 0 Å². The highest BCUT2D eigenvalue weighted by atomic mass is 15.5. The van der Waals surface area contributed by atoms with Gasteiger partial charge in [0.2, 0.25) is 0 Å². The number of hydrogen-bond donors (Lipinski definition) is 1. The second-order valence-corrected chi connectivity index (χ2v) is 3.24. The first-order valence-corrected chi connectivity index (χ1v) is 4.40. The number of rotatable bonds is 2. The molecule has 0 aromatic carbocycles. The molecule has 1 heterocycles. The Labute approximate surface area is 69.3 Å². The highest BCUT2D eigenvalue weighted by Gasteiger charge is 2.21. The summed E-state index contributed by atoms with van der Waals surface area (Å²) < 4.78 is 0. The van der Waals surface area contributed by atoms with Gasteiger partial charge in [0.05, 0.1) is 0 Å². The molecular weight excluding hydrogens is 138 g/mol. The van der Waals surface area contributed by atoms with Crippen molar-refractivity contribution in [2.45, 2.75) is 19.4 Å². The van der Waals surface area contributed by atoms with Crippen molar-refractivity contribution in [3.8, 4) is 0 Å². The Kier molecular flexibility index (Phi) is 3.30. The van der Waals surface area contributed by atoms with Crippen molar-refractivity contribution in [3.63, 3.8) is 0 Å². The smallest absolute Gasteiger partial charge is 0.0368 e. The number of hydrogen-bond acceptors (Lipinski definition) is 3. The summed E-state index contributed by atoms with van der Waals surface area (Å²) in [7, 11) is 4.20. The van der Waals surface area contributed by atoms with Crippen molar-refractivity contribution >= 4 is 0 Å². The van der Waals surface area contributed by atoms with Crippen LogP contribution in [0.2, 0.25) is 0 Å². The first-order chi connectivity index (χ1) is 5.27. The Bertz CT molecular complexity index is 116. The van der Waals surface area contributed by atoms with Crippen LogP contribution in [0.5, 0.6) is 0 Å². The number of nitrogens with zero attached hydrogens (tertiary/aromatic N) is 2. The minimum absolute atomic E-state index is 0.693. The van der Waals surface area contributed by atoms with E-state index in [0.29, 0.717) is 6.04 Å². The van der Waals surface area contributed by atoms with E-state index in [2.05, 4.69) is 29.3 Å². The van der Waals surface area contributed by atoms with Crippen LogP contribution >= 0.6 is 0 Å². The van der Waals surface area contributed by atoms with Gasteiger partial charge < -0.3 is 4.90 Å². The van der Waals surface area contributed by atoms with Crippen LogP contribution in [0.1, 0.15) is 13.3 Å². The summed E-state index contributed by atoms with van der Waals surface area (Å²) in [5, 5.41) is 2.33. The molecule has 1 fully saturated rings. The molecule has 1 aliphatic rings. The summed E-state index contributed by atoms with van der Waals surface area (Å²) in [5.74, 6) is 0. The van der Waals surface area contributed by atoms with Crippen LogP contribution in [0, 0.1) is 0 Å². The topological polar surface area (TPSA) is 18.5 Å². The minimum atomic E-state index is 0.693. The van der Waals surface area contributed by atoms with Gasteiger partial charge in [0.25, 0.3) is 0 Å². The first-order valence-electron chi connectivity index (χ1n) is 4.40. The zero-order chi connectivity index (χ0) is 8.27. The maximum atomic E-state index is 3.23. The Morgan fingerprint density at radius 1 is 1.45 bits per heavy atom. The normalized spacial score (nSPS) is 29.2. The quantitative estimate of drug-likeness (QED) is 0.615. The molecule has 0 amide bonds. The predicted molar refractivity (Wildman–Crippen MR) is 47.3 cm³/mol. The first kappa shape index (κ1) is 8.97.